The number of rotatable bonds is 7. The van der Waals surface area contributed by atoms with Gasteiger partial charge in [0.2, 0.25) is 0 Å². The lowest BCUT2D eigenvalue weighted by Crippen LogP contribution is -2.42. The first-order valence-electron chi connectivity index (χ1n) is 7.00. The fourth-order valence-corrected chi connectivity index (χ4v) is 2.27. The molecular formula is C16H20N4. The van der Waals surface area contributed by atoms with Crippen molar-refractivity contribution in [1.82, 2.24) is 15.1 Å². The Balaban J connectivity index is 2.21. The molecule has 0 fully saturated rings. The molecule has 4 heteroatoms. The summed E-state index contributed by atoms with van der Waals surface area (Å²) in [5, 5.41) is 17.4. The molecule has 2 rings (SSSR count). The molecule has 20 heavy (non-hydrogen) atoms. The second kappa shape index (κ2) is 6.88. The number of nitriles is 1. The van der Waals surface area contributed by atoms with Gasteiger partial charge in [0, 0.05) is 25.4 Å². The quantitative estimate of drug-likeness (QED) is 0.840. The van der Waals surface area contributed by atoms with Crippen LogP contribution in [-0.4, -0.2) is 16.3 Å². The van der Waals surface area contributed by atoms with Gasteiger partial charge in [-0.1, -0.05) is 37.3 Å². The fraction of sp³-hybridized carbons (Fsp3) is 0.375. The third-order valence-corrected chi connectivity index (χ3v) is 3.41. The van der Waals surface area contributed by atoms with Crippen LogP contribution in [0.1, 0.15) is 25.3 Å². The lowest BCUT2D eigenvalue weighted by atomic mass is 9.87. The van der Waals surface area contributed by atoms with Gasteiger partial charge in [-0.15, -0.1) is 0 Å². The molecule has 0 aliphatic carbocycles. The molecule has 1 aromatic carbocycles. The average molecular weight is 268 g/mol. The molecule has 1 heterocycles. The summed E-state index contributed by atoms with van der Waals surface area (Å²) in [6, 6.07) is 14.3. The highest BCUT2D eigenvalue weighted by Gasteiger charge is 2.31. The van der Waals surface area contributed by atoms with Crippen LogP contribution in [0.15, 0.2) is 48.8 Å². The first-order chi connectivity index (χ1) is 9.80. The standard InChI is InChI=1S/C16H20N4/c1-2-10-18-16(14-17,15-7-4-3-5-8-15)9-13-20-12-6-11-19-20/h3-8,11-12,18H,2,9-10,13H2,1H3. The maximum Gasteiger partial charge on any atom is 0.134 e. The van der Waals surface area contributed by atoms with Crippen LogP contribution in [0.3, 0.4) is 0 Å². The van der Waals surface area contributed by atoms with Crippen LogP contribution in [0.5, 0.6) is 0 Å². The van der Waals surface area contributed by atoms with E-state index in [-0.39, 0.29) is 0 Å². The molecule has 0 saturated heterocycles. The SMILES string of the molecule is CCCNC(C#N)(CCn1cccn1)c1ccccc1. The van der Waals surface area contributed by atoms with E-state index in [0.717, 1.165) is 18.5 Å². The molecule has 1 atom stereocenters. The smallest absolute Gasteiger partial charge is 0.134 e. The van der Waals surface area contributed by atoms with Crippen molar-refractivity contribution in [2.75, 3.05) is 6.54 Å². The van der Waals surface area contributed by atoms with Crippen molar-refractivity contribution in [3.63, 3.8) is 0 Å². The van der Waals surface area contributed by atoms with E-state index in [1.54, 1.807) is 6.20 Å². The molecule has 0 aliphatic heterocycles. The number of aromatic nitrogens is 2. The number of aryl methyl sites for hydroxylation is 1. The van der Waals surface area contributed by atoms with Crippen LogP contribution in [0, 0.1) is 11.3 Å². The summed E-state index contributed by atoms with van der Waals surface area (Å²) in [7, 11) is 0. The van der Waals surface area contributed by atoms with Crippen LogP contribution in [0.25, 0.3) is 0 Å². The Morgan fingerprint density at radius 1 is 1.30 bits per heavy atom. The predicted octanol–water partition coefficient (Wildman–Crippen LogP) is 2.69. The van der Waals surface area contributed by atoms with Crippen molar-refractivity contribution in [3.8, 4) is 6.07 Å². The molecule has 0 bridgehead atoms. The average Bonchev–Trinajstić information content (AvgIpc) is 3.02. The number of hydrogen-bond acceptors (Lipinski definition) is 3. The Hall–Kier alpha value is -2.12. The highest BCUT2D eigenvalue weighted by molar-refractivity contribution is 5.31. The highest BCUT2D eigenvalue weighted by atomic mass is 15.3. The Bertz CT molecular complexity index is 542. The molecule has 0 spiro atoms. The molecular weight excluding hydrogens is 248 g/mol. The zero-order valence-corrected chi connectivity index (χ0v) is 11.8. The van der Waals surface area contributed by atoms with E-state index in [0.29, 0.717) is 13.0 Å². The molecule has 0 saturated carbocycles. The van der Waals surface area contributed by atoms with Gasteiger partial charge in [0.05, 0.1) is 6.07 Å². The van der Waals surface area contributed by atoms with Crippen molar-refractivity contribution in [2.24, 2.45) is 0 Å². The van der Waals surface area contributed by atoms with Crippen molar-refractivity contribution in [2.45, 2.75) is 31.8 Å². The molecule has 1 unspecified atom stereocenters. The molecule has 1 N–H and O–H groups in total. The van der Waals surface area contributed by atoms with Gasteiger partial charge < -0.3 is 0 Å². The van der Waals surface area contributed by atoms with Gasteiger partial charge in [0.25, 0.3) is 0 Å². The van der Waals surface area contributed by atoms with Gasteiger partial charge in [-0.25, -0.2) is 0 Å². The van der Waals surface area contributed by atoms with Gasteiger partial charge in [0.15, 0.2) is 0 Å². The van der Waals surface area contributed by atoms with Gasteiger partial charge in [-0.05, 0) is 24.6 Å². The van der Waals surface area contributed by atoms with Crippen LogP contribution in [-0.2, 0) is 12.1 Å². The number of nitrogens with zero attached hydrogens (tertiary/aromatic N) is 3. The summed E-state index contributed by atoms with van der Waals surface area (Å²) in [4.78, 5) is 0. The third-order valence-electron chi connectivity index (χ3n) is 3.41. The largest absolute Gasteiger partial charge is 0.296 e. The van der Waals surface area contributed by atoms with Crippen LogP contribution >= 0.6 is 0 Å². The van der Waals surface area contributed by atoms with E-state index in [2.05, 4.69) is 23.4 Å². The molecule has 0 amide bonds. The van der Waals surface area contributed by atoms with E-state index in [1.807, 2.05) is 47.3 Å². The van der Waals surface area contributed by atoms with E-state index < -0.39 is 5.54 Å². The van der Waals surface area contributed by atoms with Crippen LogP contribution in [0.4, 0.5) is 0 Å². The molecule has 104 valence electrons. The van der Waals surface area contributed by atoms with Gasteiger partial charge in [-0.2, -0.15) is 10.4 Å². The van der Waals surface area contributed by atoms with Crippen molar-refractivity contribution >= 4 is 0 Å². The van der Waals surface area contributed by atoms with E-state index in [9.17, 15) is 5.26 Å². The van der Waals surface area contributed by atoms with Gasteiger partial charge in [0.1, 0.15) is 5.54 Å². The maximum absolute atomic E-state index is 9.74. The second-order valence-corrected chi connectivity index (χ2v) is 4.83. The minimum Gasteiger partial charge on any atom is -0.296 e. The van der Waals surface area contributed by atoms with Crippen LogP contribution in [0.2, 0.25) is 0 Å². The zero-order chi connectivity index (χ0) is 14.3. The second-order valence-electron chi connectivity index (χ2n) is 4.83. The molecule has 4 nitrogen and oxygen atoms in total. The summed E-state index contributed by atoms with van der Waals surface area (Å²) < 4.78 is 1.86. The zero-order valence-electron chi connectivity index (χ0n) is 11.8. The normalized spacial score (nSPS) is 13.6. The number of nitrogens with one attached hydrogen (secondary N) is 1. The summed E-state index contributed by atoms with van der Waals surface area (Å²) >= 11 is 0. The van der Waals surface area contributed by atoms with Crippen LogP contribution < -0.4 is 5.32 Å². The van der Waals surface area contributed by atoms with Crippen molar-refractivity contribution in [3.05, 3.63) is 54.4 Å². The monoisotopic (exact) mass is 268 g/mol. The fourth-order valence-electron chi connectivity index (χ4n) is 2.27. The summed E-state index contributed by atoms with van der Waals surface area (Å²) in [5.41, 5.74) is 0.367. The van der Waals surface area contributed by atoms with E-state index >= 15 is 0 Å². The van der Waals surface area contributed by atoms with E-state index in [4.69, 9.17) is 0 Å². The highest BCUT2D eigenvalue weighted by Crippen LogP contribution is 2.25. The first-order valence-corrected chi connectivity index (χ1v) is 7.00. The Morgan fingerprint density at radius 2 is 2.10 bits per heavy atom. The predicted molar refractivity (Wildman–Crippen MR) is 78.9 cm³/mol. The lowest BCUT2D eigenvalue weighted by molar-refractivity contribution is 0.364. The number of hydrogen-bond donors (Lipinski definition) is 1. The lowest BCUT2D eigenvalue weighted by Gasteiger charge is -2.28. The van der Waals surface area contributed by atoms with E-state index in [1.165, 1.54) is 0 Å². The topological polar surface area (TPSA) is 53.6 Å². The first kappa shape index (κ1) is 14.3. The maximum atomic E-state index is 9.74. The molecule has 1 aromatic heterocycles. The Labute approximate surface area is 120 Å². The summed E-state index contributed by atoms with van der Waals surface area (Å²) in [5.74, 6) is 0. The van der Waals surface area contributed by atoms with Crippen molar-refractivity contribution < 1.29 is 0 Å². The molecule has 0 radical (unpaired) electrons. The minimum absolute atomic E-state index is 0.650. The number of benzene rings is 1. The minimum atomic E-state index is -0.650. The molecule has 0 aliphatic rings. The Kier molecular flexibility index (Phi) is 4.91. The van der Waals surface area contributed by atoms with Gasteiger partial charge in [-0.3, -0.25) is 10.00 Å². The summed E-state index contributed by atoms with van der Waals surface area (Å²) in [6.07, 6.45) is 5.37. The molecule has 2 aromatic rings. The van der Waals surface area contributed by atoms with Gasteiger partial charge >= 0.3 is 0 Å². The Morgan fingerprint density at radius 3 is 2.70 bits per heavy atom. The third kappa shape index (κ3) is 3.25. The summed E-state index contributed by atoms with van der Waals surface area (Å²) in [6.45, 7) is 3.64. The van der Waals surface area contributed by atoms with Crippen molar-refractivity contribution in [1.29, 1.82) is 5.26 Å².